The van der Waals surface area contributed by atoms with Crippen molar-refractivity contribution in [2.75, 3.05) is 0 Å². The molecule has 0 bridgehead atoms. The molecule has 0 fully saturated rings. The maximum atomic E-state index is 9.09. The number of allylic oxidation sites excluding steroid dienone is 1. The van der Waals surface area contributed by atoms with Crippen LogP contribution in [0, 0.1) is 0 Å². The molecule has 0 heterocycles. The number of aliphatic hydroxyl groups excluding tert-OH is 1. The maximum absolute atomic E-state index is 9.09. The minimum Gasteiger partial charge on any atom is -0.481 e. The molecule has 0 radical (unpaired) electrons. The molecule has 0 aromatic carbocycles. The molecule has 0 rings (SSSR count). The molecular weight excluding hydrogens is 204 g/mol. The van der Waals surface area contributed by atoms with Crippen molar-refractivity contribution in [1.29, 1.82) is 0 Å². The van der Waals surface area contributed by atoms with Crippen molar-refractivity contribution in [3.63, 3.8) is 0 Å². The van der Waals surface area contributed by atoms with Crippen LogP contribution in [0.15, 0.2) is 24.8 Å². The van der Waals surface area contributed by atoms with Crippen LogP contribution >= 0.6 is 0 Å². The summed E-state index contributed by atoms with van der Waals surface area (Å²) in [7, 11) is 0. The van der Waals surface area contributed by atoms with Crippen LogP contribution in [0.2, 0.25) is 0 Å². The Hall–Kier alpha value is -1.09. The molecule has 0 amide bonds. The molecule has 0 aromatic heterocycles. The molecule has 16 heavy (non-hydrogen) atoms. The molecule has 0 aromatic rings. The average Bonchev–Trinajstić information content (AvgIpc) is 2.22. The van der Waals surface area contributed by atoms with Gasteiger partial charge in [-0.3, -0.25) is 4.79 Å². The molecule has 0 saturated heterocycles. The van der Waals surface area contributed by atoms with Gasteiger partial charge in [0.15, 0.2) is 0 Å². The lowest BCUT2D eigenvalue weighted by molar-refractivity contribution is -0.134. The standard InChI is InChI=1S/C11H20O.C2H4O2/c1-3-5-6-7-8-9-10-11(12)4-2;1-2(3)4/h4,8-9,11-12H,2-3,5-7,10H2,1H3;1H3,(H,3,4). The molecule has 3 heteroatoms. The summed E-state index contributed by atoms with van der Waals surface area (Å²) in [5.41, 5.74) is 0. The first kappa shape index (κ1) is 17.3. The van der Waals surface area contributed by atoms with Crippen molar-refractivity contribution >= 4 is 5.97 Å². The van der Waals surface area contributed by atoms with E-state index in [-0.39, 0.29) is 6.10 Å². The zero-order chi connectivity index (χ0) is 12.8. The van der Waals surface area contributed by atoms with Crippen LogP contribution in [-0.4, -0.2) is 22.3 Å². The topological polar surface area (TPSA) is 57.5 Å². The van der Waals surface area contributed by atoms with E-state index in [1.54, 1.807) is 6.08 Å². The van der Waals surface area contributed by atoms with Gasteiger partial charge < -0.3 is 10.2 Å². The van der Waals surface area contributed by atoms with Crippen molar-refractivity contribution in [2.24, 2.45) is 0 Å². The van der Waals surface area contributed by atoms with Gasteiger partial charge in [-0.25, -0.2) is 0 Å². The monoisotopic (exact) mass is 228 g/mol. The van der Waals surface area contributed by atoms with Crippen LogP contribution in [0.3, 0.4) is 0 Å². The predicted octanol–water partition coefficient (Wildman–Crippen LogP) is 3.15. The number of carboxylic acid groups (broad SMARTS) is 1. The molecule has 3 nitrogen and oxygen atoms in total. The Morgan fingerprint density at radius 2 is 1.94 bits per heavy atom. The smallest absolute Gasteiger partial charge is 0.300 e. The highest BCUT2D eigenvalue weighted by Crippen LogP contribution is 2.01. The van der Waals surface area contributed by atoms with E-state index < -0.39 is 5.97 Å². The Labute approximate surface area is 98.5 Å². The van der Waals surface area contributed by atoms with Gasteiger partial charge in [0.2, 0.25) is 0 Å². The average molecular weight is 228 g/mol. The fourth-order valence-electron chi connectivity index (χ4n) is 0.962. The van der Waals surface area contributed by atoms with Crippen molar-refractivity contribution in [1.82, 2.24) is 0 Å². The highest BCUT2D eigenvalue weighted by molar-refractivity contribution is 5.62. The molecule has 0 spiro atoms. The van der Waals surface area contributed by atoms with E-state index in [1.807, 2.05) is 6.08 Å². The van der Waals surface area contributed by atoms with E-state index in [9.17, 15) is 0 Å². The predicted molar refractivity (Wildman–Crippen MR) is 67.4 cm³/mol. The quantitative estimate of drug-likeness (QED) is 0.520. The van der Waals surface area contributed by atoms with Crippen LogP contribution in [-0.2, 0) is 4.79 Å². The van der Waals surface area contributed by atoms with Crippen LogP contribution in [0.25, 0.3) is 0 Å². The third-order valence-corrected chi connectivity index (χ3v) is 1.79. The summed E-state index contributed by atoms with van der Waals surface area (Å²) in [4.78, 5) is 9.00. The Morgan fingerprint density at radius 1 is 1.38 bits per heavy atom. The summed E-state index contributed by atoms with van der Waals surface area (Å²) in [6.45, 7) is 6.79. The summed E-state index contributed by atoms with van der Waals surface area (Å²) < 4.78 is 0. The van der Waals surface area contributed by atoms with Gasteiger partial charge in [0.05, 0.1) is 6.10 Å². The fraction of sp³-hybridized carbons (Fsp3) is 0.615. The normalized spacial score (nSPS) is 11.7. The minimum absolute atomic E-state index is 0.368. The second-order valence-corrected chi connectivity index (χ2v) is 3.52. The number of carboxylic acids is 1. The second kappa shape index (κ2) is 13.9. The van der Waals surface area contributed by atoms with Gasteiger partial charge in [0.1, 0.15) is 0 Å². The van der Waals surface area contributed by atoms with E-state index in [4.69, 9.17) is 15.0 Å². The first-order valence-corrected chi connectivity index (χ1v) is 5.69. The van der Waals surface area contributed by atoms with Crippen LogP contribution in [0.5, 0.6) is 0 Å². The van der Waals surface area contributed by atoms with Gasteiger partial charge in [-0.2, -0.15) is 0 Å². The number of hydrogen-bond donors (Lipinski definition) is 2. The highest BCUT2D eigenvalue weighted by Gasteiger charge is 1.91. The maximum Gasteiger partial charge on any atom is 0.300 e. The molecule has 0 saturated carbocycles. The van der Waals surface area contributed by atoms with Crippen molar-refractivity contribution in [3.05, 3.63) is 24.8 Å². The molecule has 1 unspecified atom stereocenters. The third-order valence-electron chi connectivity index (χ3n) is 1.79. The van der Waals surface area contributed by atoms with Crippen LogP contribution < -0.4 is 0 Å². The molecular formula is C13H24O3. The summed E-state index contributed by atoms with van der Waals surface area (Å²) in [5.74, 6) is -0.833. The summed E-state index contributed by atoms with van der Waals surface area (Å²) >= 11 is 0. The molecule has 1 atom stereocenters. The SMILES string of the molecule is C=CC(O)CC=CCCCCC.CC(=O)O. The van der Waals surface area contributed by atoms with E-state index in [1.165, 1.54) is 19.3 Å². The van der Waals surface area contributed by atoms with Gasteiger partial charge in [-0.1, -0.05) is 38.0 Å². The number of unbranched alkanes of at least 4 members (excludes halogenated alkanes) is 3. The first-order valence-electron chi connectivity index (χ1n) is 5.69. The largest absolute Gasteiger partial charge is 0.481 e. The first-order chi connectivity index (χ1) is 7.54. The fourth-order valence-corrected chi connectivity index (χ4v) is 0.962. The second-order valence-electron chi connectivity index (χ2n) is 3.52. The molecule has 0 aliphatic carbocycles. The molecule has 94 valence electrons. The number of hydrogen-bond acceptors (Lipinski definition) is 2. The van der Waals surface area contributed by atoms with Crippen LogP contribution in [0.1, 0.15) is 46.0 Å². The van der Waals surface area contributed by atoms with E-state index >= 15 is 0 Å². The Morgan fingerprint density at radius 3 is 2.38 bits per heavy atom. The van der Waals surface area contributed by atoms with Crippen molar-refractivity contribution in [2.45, 2.75) is 52.1 Å². The lowest BCUT2D eigenvalue weighted by Gasteiger charge is -1.98. The summed E-state index contributed by atoms with van der Waals surface area (Å²) in [6.07, 6.45) is 11.0. The lowest BCUT2D eigenvalue weighted by atomic mass is 10.1. The van der Waals surface area contributed by atoms with Gasteiger partial charge in [0.25, 0.3) is 5.97 Å². The summed E-state index contributed by atoms with van der Waals surface area (Å²) in [5, 5.41) is 16.5. The van der Waals surface area contributed by atoms with Crippen molar-refractivity contribution < 1.29 is 15.0 Å². The van der Waals surface area contributed by atoms with Gasteiger partial charge in [0, 0.05) is 6.92 Å². The highest BCUT2D eigenvalue weighted by atomic mass is 16.4. The number of aliphatic hydroxyl groups is 1. The van der Waals surface area contributed by atoms with E-state index in [2.05, 4.69) is 19.6 Å². The van der Waals surface area contributed by atoms with Gasteiger partial charge in [-0.05, 0) is 19.3 Å². The zero-order valence-corrected chi connectivity index (χ0v) is 10.4. The van der Waals surface area contributed by atoms with E-state index in [0.29, 0.717) is 6.42 Å². The lowest BCUT2D eigenvalue weighted by Crippen LogP contribution is -1.97. The Kier molecular flexibility index (Phi) is 15.0. The zero-order valence-electron chi connectivity index (χ0n) is 10.4. The summed E-state index contributed by atoms with van der Waals surface area (Å²) in [6, 6.07) is 0. The number of carbonyl (C=O) groups is 1. The van der Waals surface area contributed by atoms with Crippen molar-refractivity contribution in [3.8, 4) is 0 Å². The molecule has 0 aliphatic rings. The molecule has 2 N–H and O–H groups in total. The Bertz CT molecular complexity index is 193. The number of aliphatic carboxylic acids is 1. The van der Waals surface area contributed by atoms with Gasteiger partial charge in [-0.15, -0.1) is 6.58 Å². The van der Waals surface area contributed by atoms with Gasteiger partial charge >= 0.3 is 0 Å². The van der Waals surface area contributed by atoms with E-state index in [0.717, 1.165) is 13.3 Å². The minimum atomic E-state index is -0.833. The Balaban J connectivity index is 0. The third kappa shape index (κ3) is 23.1. The number of rotatable bonds is 7. The molecule has 0 aliphatic heterocycles. The van der Waals surface area contributed by atoms with Crippen LogP contribution in [0.4, 0.5) is 0 Å².